The second-order valence-electron chi connectivity index (χ2n) is 3.12. The Morgan fingerprint density at radius 3 is 2.64 bits per heavy atom. The summed E-state index contributed by atoms with van der Waals surface area (Å²) >= 11 is 0. The van der Waals surface area contributed by atoms with E-state index >= 15 is 0 Å². The third kappa shape index (κ3) is 4.80. The number of nitrogens with one attached hydrogen (secondary N) is 2. The molecule has 1 aromatic carbocycles. The Balaban J connectivity index is 2.15. The summed E-state index contributed by atoms with van der Waals surface area (Å²) in [5.41, 5.74) is 1.25. The molecule has 0 unspecified atom stereocenters. The van der Waals surface area contributed by atoms with E-state index in [2.05, 4.69) is 34.9 Å². The highest BCUT2D eigenvalue weighted by Gasteiger charge is 1.83. The fraction of sp³-hybridized carbons (Fsp3) is 0.333. The third-order valence-corrected chi connectivity index (χ3v) is 1.92. The Morgan fingerprint density at radius 2 is 1.93 bits per heavy atom. The number of hydrogen-bond acceptors (Lipinski definition) is 2. The largest absolute Gasteiger partial charge is 0.318 e. The molecule has 0 aromatic heterocycles. The van der Waals surface area contributed by atoms with Gasteiger partial charge < -0.3 is 10.6 Å². The number of hydrogen-bond donors (Lipinski definition) is 2. The normalized spacial score (nSPS) is 10.9. The highest BCUT2D eigenvalue weighted by atomic mass is 14.9. The molecule has 0 aliphatic carbocycles. The highest BCUT2D eigenvalue weighted by molar-refractivity contribution is 5.48. The Kier molecular flexibility index (Phi) is 5.71. The Labute approximate surface area is 86.0 Å². The Bertz CT molecular complexity index is 254. The van der Waals surface area contributed by atoms with Gasteiger partial charge in [0, 0.05) is 19.6 Å². The van der Waals surface area contributed by atoms with E-state index in [1.165, 1.54) is 5.56 Å². The van der Waals surface area contributed by atoms with E-state index < -0.39 is 0 Å². The Morgan fingerprint density at radius 1 is 1.14 bits per heavy atom. The van der Waals surface area contributed by atoms with E-state index in [0.29, 0.717) is 0 Å². The molecule has 2 nitrogen and oxygen atoms in total. The summed E-state index contributed by atoms with van der Waals surface area (Å²) in [5, 5.41) is 6.40. The summed E-state index contributed by atoms with van der Waals surface area (Å²) in [6, 6.07) is 10.3. The summed E-state index contributed by atoms with van der Waals surface area (Å²) in [6.07, 6.45) is 4.28. The van der Waals surface area contributed by atoms with Crippen LogP contribution in [0.1, 0.15) is 5.56 Å². The minimum Gasteiger partial charge on any atom is -0.318 e. The van der Waals surface area contributed by atoms with Crippen molar-refractivity contribution in [2.24, 2.45) is 0 Å². The first-order valence-corrected chi connectivity index (χ1v) is 5.00. The molecule has 0 aliphatic heterocycles. The molecule has 0 heterocycles. The van der Waals surface area contributed by atoms with E-state index in [1.807, 2.05) is 25.2 Å². The van der Waals surface area contributed by atoms with Crippen LogP contribution in [-0.4, -0.2) is 26.7 Å². The van der Waals surface area contributed by atoms with Crippen molar-refractivity contribution in [3.8, 4) is 0 Å². The zero-order chi connectivity index (χ0) is 10.1. The lowest BCUT2D eigenvalue weighted by atomic mass is 10.2. The monoisotopic (exact) mass is 190 g/mol. The molecule has 14 heavy (non-hydrogen) atoms. The van der Waals surface area contributed by atoms with Crippen LogP contribution in [0.2, 0.25) is 0 Å². The van der Waals surface area contributed by atoms with Crippen LogP contribution >= 0.6 is 0 Å². The lowest BCUT2D eigenvalue weighted by Gasteiger charge is -1.99. The molecule has 0 radical (unpaired) electrons. The third-order valence-electron chi connectivity index (χ3n) is 1.92. The highest BCUT2D eigenvalue weighted by Crippen LogP contribution is 1.99. The zero-order valence-corrected chi connectivity index (χ0v) is 8.66. The molecule has 2 heteroatoms. The minimum absolute atomic E-state index is 0.927. The maximum Gasteiger partial charge on any atom is 0.0138 e. The maximum absolute atomic E-state index is 3.31. The van der Waals surface area contributed by atoms with Crippen molar-refractivity contribution in [1.82, 2.24) is 10.6 Å². The van der Waals surface area contributed by atoms with E-state index in [4.69, 9.17) is 0 Å². The van der Waals surface area contributed by atoms with E-state index in [9.17, 15) is 0 Å². The van der Waals surface area contributed by atoms with Crippen LogP contribution in [-0.2, 0) is 0 Å². The second kappa shape index (κ2) is 7.30. The van der Waals surface area contributed by atoms with Crippen LogP contribution in [0.3, 0.4) is 0 Å². The van der Waals surface area contributed by atoms with Gasteiger partial charge in [-0.25, -0.2) is 0 Å². The lowest BCUT2D eigenvalue weighted by Crippen LogP contribution is -2.24. The van der Waals surface area contributed by atoms with Crippen molar-refractivity contribution in [3.05, 3.63) is 42.0 Å². The summed E-state index contributed by atoms with van der Waals surface area (Å²) < 4.78 is 0. The first kappa shape index (κ1) is 11.0. The fourth-order valence-electron chi connectivity index (χ4n) is 1.16. The molecular weight excluding hydrogens is 172 g/mol. The van der Waals surface area contributed by atoms with E-state index in [-0.39, 0.29) is 0 Å². The summed E-state index contributed by atoms with van der Waals surface area (Å²) in [6.45, 7) is 2.95. The molecule has 0 saturated heterocycles. The fourth-order valence-corrected chi connectivity index (χ4v) is 1.16. The molecular formula is C12H18N2. The molecule has 0 fully saturated rings. The molecule has 1 rings (SSSR count). The molecule has 0 aliphatic rings. The van der Waals surface area contributed by atoms with Crippen molar-refractivity contribution in [1.29, 1.82) is 0 Å². The van der Waals surface area contributed by atoms with Gasteiger partial charge in [-0.2, -0.15) is 0 Å². The van der Waals surface area contributed by atoms with Gasteiger partial charge in [0.05, 0.1) is 0 Å². The number of likely N-dealkylation sites (N-methyl/N-ethyl adjacent to an activating group) is 1. The van der Waals surface area contributed by atoms with Crippen LogP contribution in [0, 0.1) is 0 Å². The van der Waals surface area contributed by atoms with Crippen molar-refractivity contribution >= 4 is 6.08 Å². The lowest BCUT2D eigenvalue weighted by molar-refractivity contribution is 0.690. The van der Waals surface area contributed by atoms with Crippen molar-refractivity contribution in [2.45, 2.75) is 0 Å². The SMILES string of the molecule is CNCCNCC=Cc1ccccc1. The predicted molar refractivity (Wildman–Crippen MR) is 62.3 cm³/mol. The summed E-state index contributed by atoms with van der Waals surface area (Å²) in [7, 11) is 1.96. The Hall–Kier alpha value is -1.12. The molecule has 0 amide bonds. The van der Waals surface area contributed by atoms with Gasteiger partial charge in [0.2, 0.25) is 0 Å². The maximum atomic E-state index is 3.31. The van der Waals surface area contributed by atoms with Crippen LogP contribution < -0.4 is 10.6 Å². The van der Waals surface area contributed by atoms with Crippen LogP contribution in [0.15, 0.2) is 36.4 Å². The topological polar surface area (TPSA) is 24.1 Å². The standard InChI is InChI=1S/C12H18N2/c1-13-10-11-14-9-5-8-12-6-3-2-4-7-12/h2-8,13-14H,9-11H2,1H3. The number of benzene rings is 1. The minimum atomic E-state index is 0.927. The van der Waals surface area contributed by atoms with Crippen LogP contribution in [0.25, 0.3) is 6.08 Å². The van der Waals surface area contributed by atoms with Gasteiger partial charge in [0.25, 0.3) is 0 Å². The number of rotatable bonds is 6. The average Bonchev–Trinajstić information content (AvgIpc) is 2.25. The van der Waals surface area contributed by atoms with Crippen molar-refractivity contribution in [3.63, 3.8) is 0 Å². The van der Waals surface area contributed by atoms with Gasteiger partial charge in [0.1, 0.15) is 0 Å². The van der Waals surface area contributed by atoms with E-state index in [1.54, 1.807) is 0 Å². The van der Waals surface area contributed by atoms with Crippen molar-refractivity contribution < 1.29 is 0 Å². The first-order chi connectivity index (χ1) is 6.93. The summed E-state index contributed by atoms with van der Waals surface area (Å²) in [4.78, 5) is 0. The van der Waals surface area contributed by atoms with Crippen LogP contribution in [0.5, 0.6) is 0 Å². The van der Waals surface area contributed by atoms with Gasteiger partial charge in [-0.1, -0.05) is 42.5 Å². The van der Waals surface area contributed by atoms with Gasteiger partial charge in [-0.05, 0) is 12.6 Å². The smallest absolute Gasteiger partial charge is 0.0138 e. The first-order valence-electron chi connectivity index (χ1n) is 5.00. The molecule has 0 saturated carbocycles. The van der Waals surface area contributed by atoms with Gasteiger partial charge in [-0.15, -0.1) is 0 Å². The van der Waals surface area contributed by atoms with Gasteiger partial charge >= 0.3 is 0 Å². The quantitative estimate of drug-likeness (QED) is 0.664. The van der Waals surface area contributed by atoms with Crippen LogP contribution in [0.4, 0.5) is 0 Å². The van der Waals surface area contributed by atoms with Gasteiger partial charge in [0.15, 0.2) is 0 Å². The van der Waals surface area contributed by atoms with Gasteiger partial charge in [-0.3, -0.25) is 0 Å². The van der Waals surface area contributed by atoms with Crippen molar-refractivity contribution in [2.75, 3.05) is 26.7 Å². The molecule has 1 aromatic rings. The molecule has 0 spiro atoms. The molecule has 76 valence electrons. The molecule has 0 bridgehead atoms. The predicted octanol–water partition coefficient (Wildman–Crippen LogP) is 1.51. The van der Waals surface area contributed by atoms with E-state index in [0.717, 1.165) is 19.6 Å². The average molecular weight is 190 g/mol. The summed E-state index contributed by atoms with van der Waals surface area (Å²) in [5.74, 6) is 0. The molecule has 2 N–H and O–H groups in total. The second-order valence-corrected chi connectivity index (χ2v) is 3.12. The molecule has 0 atom stereocenters. The zero-order valence-electron chi connectivity index (χ0n) is 8.66.